The molecule has 6 heteroatoms. The Balaban J connectivity index is 1.78. The average Bonchev–Trinajstić information content (AvgIpc) is 2.94. The molecule has 0 amide bonds. The van der Waals surface area contributed by atoms with Crippen molar-refractivity contribution in [2.45, 2.75) is 19.8 Å². The van der Waals surface area contributed by atoms with Gasteiger partial charge in [-0.2, -0.15) is 4.98 Å². The molecule has 1 aliphatic heterocycles. The van der Waals surface area contributed by atoms with Gasteiger partial charge in [0.05, 0.1) is 0 Å². The standard InChI is InChI=1S/C14H19N5O/c1-10-17-14(20-18-10)12-2-5-16-13(8-12)19-6-3-11(9-15)4-7-19/h2,5,8,11H,3-4,6-7,9,15H2,1H3. The lowest BCUT2D eigenvalue weighted by Crippen LogP contribution is -2.36. The minimum atomic E-state index is 0.544. The third-order valence-corrected chi connectivity index (χ3v) is 3.79. The average molecular weight is 273 g/mol. The van der Waals surface area contributed by atoms with Gasteiger partial charge in [-0.25, -0.2) is 4.98 Å². The van der Waals surface area contributed by atoms with Crippen LogP contribution in [0.4, 0.5) is 5.82 Å². The van der Waals surface area contributed by atoms with E-state index >= 15 is 0 Å². The van der Waals surface area contributed by atoms with Gasteiger partial charge in [0, 0.05) is 24.8 Å². The molecule has 1 saturated heterocycles. The van der Waals surface area contributed by atoms with Crippen LogP contribution in [0.1, 0.15) is 18.7 Å². The highest BCUT2D eigenvalue weighted by Crippen LogP contribution is 2.25. The van der Waals surface area contributed by atoms with Crippen molar-refractivity contribution in [1.82, 2.24) is 15.1 Å². The molecule has 0 atom stereocenters. The van der Waals surface area contributed by atoms with Crippen LogP contribution in [0.25, 0.3) is 11.5 Å². The molecule has 0 spiro atoms. The maximum Gasteiger partial charge on any atom is 0.258 e. The summed E-state index contributed by atoms with van der Waals surface area (Å²) in [7, 11) is 0. The summed E-state index contributed by atoms with van der Waals surface area (Å²) in [4.78, 5) is 11.0. The maximum absolute atomic E-state index is 5.73. The van der Waals surface area contributed by atoms with Crippen LogP contribution in [0.3, 0.4) is 0 Å². The van der Waals surface area contributed by atoms with Crippen LogP contribution in [0.15, 0.2) is 22.9 Å². The van der Waals surface area contributed by atoms with Crippen molar-refractivity contribution in [2.75, 3.05) is 24.5 Å². The molecule has 1 aliphatic rings. The molecule has 20 heavy (non-hydrogen) atoms. The molecule has 3 heterocycles. The number of hydrogen-bond donors (Lipinski definition) is 1. The second-order valence-corrected chi connectivity index (χ2v) is 5.22. The second-order valence-electron chi connectivity index (χ2n) is 5.22. The number of piperidine rings is 1. The second kappa shape index (κ2) is 5.58. The third-order valence-electron chi connectivity index (χ3n) is 3.79. The molecule has 6 nitrogen and oxygen atoms in total. The predicted molar refractivity (Wildman–Crippen MR) is 76.3 cm³/mol. The number of nitrogens with two attached hydrogens (primary N) is 1. The van der Waals surface area contributed by atoms with Crippen LogP contribution in [0.2, 0.25) is 0 Å². The van der Waals surface area contributed by atoms with E-state index in [0.29, 0.717) is 17.6 Å². The quantitative estimate of drug-likeness (QED) is 0.915. The lowest BCUT2D eigenvalue weighted by molar-refractivity contribution is 0.413. The van der Waals surface area contributed by atoms with Crippen LogP contribution < -0.4 is 10.6 Å². The van der Waals surface area contributed by atoms with E-state index < -0.39 is 0 Å². The van der Waals surface area contributed by atoms with Gasteiger partial charge in [0.1, 0.15) is 5.82 Å². The molecule has 0 unspecified atom stereocenters. The van der Waals surface area contributed by atoms with E-state index in [0.717, 1.165) is 43.9 Å². The number of aromatic nitrogens is 3. The molecule has 0 bridgehead atoms. The Hall–Kier alpha value is -1.95. The first-order valence-electron chi connectivity index (χ1n) is 6.98. The lowest BCUT2D eigenvalue weighted by atomic mass is 9.97. The summed E-state index contributed by atoms with van der Waals surface area (Å²) in [5.41, 5.74) is 6.64. The zero-order valence-corrected chi connectivity index (χ0v) is 11.6. The summed E-state index contributed by atoms with van der Waals surface area (Å²) in [5.74, 6) is 2.80. The highest BCUT2D eigenvalue weighted by molar-refractivity contribution is 5.58. The predicted octanol–water partition coefficient (Wildman–Crippen LogP) is 1.62. The van der Waals surface area contributed by atoms with E-state index in [2.05, 4.69) is 20.0 Å². The number of hydrogen-bond acceptors (Lipinski definition) is 6. The van der Waals surface area contributed by atoms with E-state index in [1.165, 1.54) is 0 Å². The van der Waals surface area contributed by atoms with Gasteiger partial charge in [-0.05, 0) is 44.4 Å². The number of pyridine rings is 1. The highest BCUT2D eigenvalue weighted by Gasteiger charge is 2.19. The van der Waals surface area contributed by atoms with Crippen molar-refractivity contribution < 1.29 is 4.52 Å². The Morgan fingerprint density at radius 3 is 2.85 bits per heavy atom. The van der Waals surface area contributed by atoms with Crippen LogP contribution in [0, 0.1) is 12.8 Å². The van der Waals surface area contributed by atoms with Gasteiger partial charge in [0.25, 0.3) is 5.89 Å². The highest BCUT2D eigenvalue weighted by atomic mass is 16.5. The van der Waals surface area contributed by atoms with Gasteiger partial charge in [-0.15, -0.1) is 0 Å². The van der Waals surface area contributed by atoms with Gasteiger partial charge in [0.15, 0.2) is 5.82 Å². The third kappa shape index (κ3) is 2.65. The van der Waals surface area contributed by atoms with E-state index in [9.17, 15) is 0 Å². The largest absolute Gasteiger partial charge is 0.357 e. The Bertz CT molecular complexity index is 574. The van der Waals surface area contributed by atoms with Crippen LogP contribution in [-0.2, 0) is 0 Å². The van der Waals surface area contributed by atoms with Crippen LogP contribution in [0.5, 0.6) is 0 Å². The fourth-order valence-corrected chi connectivity index (χ4v) is 2.54. The van der Waals surface area contributed by atoms with E-state index in [4.69, 9.17) is 10.3 Å². The van der Waals surface area contributed by atoms with Crippen LogP contribution >= 0.6 is 0 Å². The van der Waals surface area contributed by atoms with Gasteiger partial charge < -0.3 is 15.2 Å². The molecule has 0 saturated carbocycles. The Labute approximate surface area is 118 Å². The molecule has 106 valence electrons. The fraction of sp³-hybridized carbons (Fsp3) is 0.500. The van der Waals surface area contributed by atoms with Gasteiger partial charge >= 0.3 is 0 Å². The summed E-state index contributed by atoms with van der Waals surface area (Å²) < 4.78 is 5.20. The number of aryl methyl sites for hydroxylation is 1. The van der Waals surface area contributed by atoms with Gasteiger partial charge in [-0.1, -0.05) is 5.16 Å². The molecule has 0 aromatic carbocycles. The first kappa shape index (κ1) is 13.1. The summed E-state index contributed by atoms with van der Waals surface area (Å²) in [6.07, 6.45) is 4.05. The molecule has 2 aromatic heterocycles. The monoisotopic (exact) mass is 273 g/mol. The zero-order chi connectivity index (χ0) is 13.9. The molecule has 1 fully saturated rings. The van der Waals surface area contributed by atoms with Crippen molar-refractivity contribution in [3.05, 3.63) is 24.2 Å². The topological polar surface area (TPSA) is 81.1 Å². The minimum absolute atomic E-state index is 0.544. The molecular formula is C14H19N5O. The molecule has 0 radical (unpaired) electrons. The molecule has 0 aliphatic carbocycles. The summed E-state index contributed by atoms with van der Waals surface area (Å²) in [6.45, 7) is 4.59. The smallest absolute Gasteiger partial charge is 0.258 e. The Kier molecular flexibility index (Phi) is 3.64. The fourth-order valence-electron chi connectivity index (χ4n) is 2.54. The first-order chi connectivity index (χ1) is 9.76. The van der Waals surface area contributed by atoms with E-state index in [-0.39, 0.29) is 0 Å². The van der Waals surface area contributed by atoms with Crippen molar-refractivity contribution in [3.8, 4) is 11.5 Å². The number of nitrogens with zero attached hydrogens (tertiary/aromatic N) is 4. The number of anilines is 1. The maximum atomic E-state index is 5.73. The van der Waals surface area contributed by atoms with Gasteiger partial charge in [-0.3, -0.25) is 0 Å². The molecule has 3 rings (SSSR count). The van der Waals surface area contributed by atoms with Crippen molar-refractivity contribution >= 4 is 5.82 Å². The summed E-state index contributed by atoms with van der Waals surface area (Å²) in [6, 6.07) is 3.90. The van der Waals surface area contributed by atoms with Crippen molar-refractivity contribution in [2.24, 2.45) is 11.7 Å². The zero-order valence-electron chi connectivity index (χ0n) is 11.6. The van der Waals surface area contributed by atoms with E-state index in [1.807, 2.05) is 19.1 Å². The Morgan fingerprint density at radius 1 is 1.40 bits per heavy atom. The number of rotatable bonds is 3. The molecule has 2 N–H and O–H groups in total. The van der Waals surface area contributed by atoms with Crippen LogP contribution in [-0.4, -0.2) is 34.8 Å². The molecular weight excluding hydrogens is 254 g/mol. The van der Waals surface area contributed by atoms with E-state index in [1.54, 1.807) is 6.20 Å². The van der Waals surface area contributed by atoms with Crippen molar-refractivity contribution in [1.29, 1.82) is 0 Å². The molecule has 2 aromatic rings. The normalized spacial score (nSPS) is 16.6. The van der Waals surface area contributed by atoms with Crippen molar-refractivity contribution in [3.63, 3.8) is 0 Å². The first-order valence-corrected chi connectivity index (χ1v) is 6.98. The SMILES string of the molecule is Cc1noc(-c2ccnc(N3CCC(CN)CC3)c2)n1. The summed E-state index contributed by atoms with van der Waals surface area (Å²) >= 11 is 0. The lowest BCUT2D eigenvalue weighted by Gasteiger charge is -2.32. The Morgan fingerprint density at radius 2 is 2.20 bits per heavy atom. The minimum Gasteiger partial charge on any atom is -0.357 e. The summed E-state index contributed by atoms with van der Waals surface area (Å²) in [5, 5.41) is 3.82. The van der Waals surface area contributed by atoms with Gasteiger partial charge in [0.2, 0.25) is 0 Å².